The average Bonchev–Trinajstić information content (AvgIpc) is 2.97. The minimum Gasteiger partial charge on any atom is -0.449 e. The summed E-state index contributed by atoms with van der Waals surface area (Å²) in [5.74, 6) is 0.200. The first kappa shape index (κ1) is 17.5. The highest BCUT2D eigenvalue weighted by atomic mass is 16.5. The van der Waals surface area contributed by atoms with Crippen molar-refractivity contribution >= 4 is 6.09 Å². The van der Waals surface area contributed by atoms with Crippen molar-refractivity contribution < 1.29 is 14.6 Å². The van der Waals surface area contributed by atoms with Gasteiger partial charge in [0.15, 0.2) is 0 Å². The Morgan fingerprint density at radius 1 is 1.12 bits per heavy atom. The summed E-state index contributed by atoms with van der Waals surface area (Å²) in [5.41, 5.74) is 4.80. The molecular formula is C21H25NO3. The Hall–Kier alpha value is -2.33. The Kier molecular flexibility index (Phi) is 5.39. The molecule has 0 saturated heterocycles. The molecule has 0 aromatic heterocycles. The number of ether oxygens (including phenoxy) is 1. The highest BCUT2D eigenvalue weighted by molar-refractivity contribution is 5.79. The summed E-state index contributed by atoms with van der Waals surface area (Å²) < 4.78 is 5.44. The van der Waals surface area contributed by atoms with Crippen LogP contribution in [0.1, 0.15) is 37.3 Å². The Bertz CT molecular complexity index is 698. The third-order valence-electron chi connectivity index (χ3n) is 5.10. The molecule has 2 unspecified atom stereocenters. The first-order valence-electron chi connectivity index (χ1n) is 8.88. The number of amides is 1. The summed E-state index contributed by atoms with van der Waals surface area (Å²) in [6, 6.07) is 16.5. The third kappa shape index (κ3) is 3.69. The lowest BCUT2D eigenvalue weighted by Gasteiger charge is -2.18. The summed E-state index contributed by atoms with van der Waals surface area (Å²) in [6.07, 6.45) is -0.164. The third-order valence-corrected chi connectivity index (χ3v) is 5.10. The summed E-state index contributed by atoms with van der Waals surface area (Å²) in [6.45, 7) is 4.48. The first-order chi connectivity index (χ1) is 12.1. The van der Waals surface area contributed by atoms with Crippen LogP contribution in [-0.2, 0) is 4.74 Å². The van der Waals surface area contributed by atoms with Crippen LogP contribution in [0.25, 0.3) is 11.1 Å². The van der Waals surface area contributed by atoms with Crippen LogP contribution in [0.3, 0.4) is 0 Å². The van der Waals surface area contributed by atoms with E-state index in [1.165, 1.54) is 22.3 Å². The van der Waals surface area contributed by atoms with Crippen molar-refractivity contribution in [3.05, 3.63) is 59.7 Å². The standard InChI is InChI=1S/C21H25NO3/c1-3-14(2)20(23)12-22-21(24)25-13-19-17-10-6-4-8-15(17)16-9-5-7-11-18(16)19/h4-11,14,19-20,23H,3,12-13H2,1-2H3,(H,22,24). The van der Waals surface area contributed by atoms with Crippen LogP contribution in [-0.4, -0.2) is 30.5 Å². The number of hydrogen-bond acceptors (Lipinski definition) is 3. The molecule has 25 heavy (non-hydrogen) atoms. The molecule has 1 aliphatic carbocycles. The van der Waals surface area contributed by atoms with Crippen LogP contribution in [0.15, 0.2) is 48.5 Å². The van der Waals surface area contributed by atoms with Gasteiger partial charge in [0.05, 0.1) is 6.10 Å². The van der Waals surface area contributed by atoms with Crippen LogP contribution < -0.4 is 5.32 Å². The van der Waals surface area contributed by atoms with E-state index in [9.17, 15) is 9.90 Å². The lowest BCUT2D eigenvalue weighted by Crippen LogP contribution is -2.36. The molecule has 2 atom stereocenters. The smallest absolute Gasteiger partial charge is 0.407 e. The summed E-state index contributed by atoms with van der Waals surface area (Å²) >= 11 is 0. The lowest BCUT2D eigenvalue weighted by molar-refractivity contribution is 0.101. The van der Waals surface area contributed by atoms with E-state index in [0.717, 1.165) is 6.42 Å². The van der Waals surface area contributed by atoms with Gasteiger partial charge in [-0.3, -0.25) is 0 Å². The van der Waals surface area contributed by atoms with Gasteiger partial charge in [-0.2, -0.15) is 0 Å². The van der Waals surface area contributed by atoms with E-state index in [0.29, 0.717) is 6.61 Å². The molecule has 132 valence electrons. The Morgan fingerprint density at radius 3 is 2.24 bits per heavy atom. The van der Waals surface area contributed by atoms with E-state index >= 15 is 0 Å². The van der Waals surface area contributed by atoms with Gasteiger partial charge in [0.1, 0.15) is 6.61 Å². The van der Waals surface area contributed by atoms with Crippen molar-refractivity contribution in [2.75, 3.05) is 13.2 Å². The number of carbonyl (C=O) groups excluding carboxylic acids is 1. The number of aliphatic hydroxyl groups excluding tert-OH is 1. The Balaban J connectivity index is 1.63. The van der Waals surface area contributed by atoms with E-state index < -0.39 is 12.2 Å². The van der Waals surface area contributed by atoms with Gasteiger partial charge in [-0.1, -0.05) is 68.8 Å². The SMILES string of the molecule is CCC(C)C(O)CNC(=O)OCC1c2ccccc2-c2ccccc21. The fourth-order valence-electron chi connectivity index (χ4n) is 3.31. The van der Waals surface area contributed by atoms with Crippen molar-refractivity contribution in [3.8, 4) is 11.1 Å². The molecule has 3 rings (SSSR count). The molecule has 2 aromatic carbocycles. The highest BCUT2D eigenvalue weighted by Crippen LogP contribution is 2.44. The number of rotatable bonds is 6. The number of aliphatic hydroxyl groups is 1. The number of nitrogens with one attached hydrogen (secondary N) is 1. The zero-order valence-electron chi connectivity index (χ0n) is 14.7. The fourth-order valence-corrected chi connectivity index (χ4v) is 3.31. The molecule has 4 heteroatoms. The van der Waals surface area contributed by atoms with Crippen LogP contribution >= 0.6 is 0 Å². The van der Waals surface area contributed by atoms with Crippen LogP contribution in [0, 0.1) is 5.92 Å². The van der Waals surface area contributed by atoms with Gasteiger partial charge in [0, 0.05) is 12.5 Å². The second-order valence-electron chi connectivity index (χ2n) is 6.66. The van der Waals surface area contributed by atoms with Gasteiger partial charge in [0.25, 0.3) is 0 Å². The van der Waals surface area contributed by atoms with Crippen molar-refractivity contribution in [3.63, 3.8) is 0 Å². The van der Waals surface area contributed by atoms with Gasteiger partial charge in [-0.05, 0) is 28.2 Å². The monoisotopic (exact) mass is 339 g/mol. The van der Waals surface area contributed by atoms with E-state index in [4.69, 9.17) is 4.74 Å². The first-order valence-corrected chi connectivity index (χ1v) is 8.88. The number of fused-ring (bicyclic) bond motifs is 3. The summed E-state index contributed by atoms with van der Waals surface area (Å²) in [5, 5.41) is 12.6. The Morgan fingerprint density at radius 2 is 1.68 bits per heavy atom. The van der Waals surface area contributed by atoms with E-state index in [-0.39, 0.29) is 18.4 Å². The minimum atomic E-state index is -0.550. The molecule has 0 bridgehead atoms. The van der Waals surface area contributed by atoms with Gasteiger partial charge in [-0.15, -0.1) is 0 Å². The van der Waals surface area contributed by atoms with Gasteiger partial charge in [-0.25, -0.2) is 4.79 Å². The van der Waals surface area contributed by atoms with Gasteiger partial charge < -0.3 is 15.2 Å². The summed E-state index contributed by atoms with van der Waals surface area (Å²) in [4.78, 5) is 12.0. The minimum absolute atomic E-state index is 0.0534. The van der Waals surface area contributed by atoms with Crippen LogP contribution in [0.5, 0.6) is 0 Å². The number of alkyl carbamates (subject to hydrolysis) is 1. The number of benzene rings is 2. The zero-order valence-corrected chi connectivity index (χ0v) is 14.7. The van der Waals surface area contributed by atoms with E-state index in [1.54, 1.807) is 0 Å². The topological polar surface area (TPSA) is 58.6 Å². The molecule has 1 aliphatic rings. The number of carbonyl (C=O) groups is 1. The number of hydrogen-bond donors (Lipinski definition) is 2. The summed E-state index contributed by atoms with van der Waals surface area (Å²) in [7, 11) is 0. The molecule has 0 radical (unpaired) electrons. The maximum atomic E-state index is 12.0. The molecule has 0 fully saturated rings. The van der Waals surface area contributed by atoms with Crippen molar-refractivity contribution in [2.24, 2.45) is 5.92 Å². The molecule has 0 aliphatic heterocycles. The Labute approximate surface area is 148 Å². The maximum absolute atomic E-state index is 12.0. The van der Waals surface area contributed by atoms with Crippen molar-refractivity contribution in [1.29, 1.82) is 0 Å². The molecule has 0 heterocycles. The highest BCUT2D eigenvalue weighted by Gasteiger charge is 2.29. The lowest BCUT2D eigenvalue weighted by atomic mass is 9.98. The molecular weight excluding hydrogens is 314 g/mol. The molecule has 0 spiro atoms. The molecule has 4 nitrogen and oxygen atoms in total. The van der Waals surface area contributed by atoms with E-state index in [1.807, 2.05) is 38.1 Å². The molecule has 2 N–H and O–H groups in total. The van der Waals surface area contributed by atoms with Crippen molar-refractivity contribution in [1.82, 2.24) is 5.32 Å². The normalized spacial score (nSPS) is 15.2. The zero-order chi connectivity index (χ0) is 17.8. The maximum Gasteiger partial charge on any atom is 0.407 e. The fraction of sp³-hybridized carbons (Fsp3) is 0.381. The predicted octanol–water partition coefficient (Wildman–Crippen LogP) is 3.93. The molecule has 0 saturated carbocycles. The van der Waals surface area contributed by atoms with Gasteiger partial charge >= 0.3 is 6.09 Å². The molecule has 2 aromatic rings. The largest absolute Gasteiger partial charge is 0.449 e. The quantitative estimate of drug-likeness (QED) is 0.838. The second-order valence-corrected chi connectivity index (χ2v) is 6.66. The predicted molar refractivity (Wildman–Crippen MR) is 98.5 cm³/mol. The van der Waals surface area contributed by atoms with Crippen LogP contribution in [0.4, 0.5) is 4.79 Å². The van der Waals surface area contributed by atoms with Gasteiger partial charge in [0.2, 0.25) is 0 Å². The average molecular weight is 339 g/mol. The van der Waals surface area contributed by atoms with E-state index in [2.05, 4.69) is 29.6 Å². The van der Waals surface area contributed by atoms with Crippen LogP contribution in [0.2, 0.25) is 0 Å². The van der Waals surface area contributed by atoms with Crippen molar-refractivity contribution in [2.45, 2.75) is 32.3 Å². The molecule has 1 amide bonds. The second kappa shape index (κ2) is 7.70.